The summed E-state index contributed by atoms with van der Waals surface area (Å²) in [5.74, 6) is 1.89. The molecule has 5 heterocycles. The third-order valence-corrected chi connectivity index (χ3v) is 13.1. The molecule has 1 spiro atoms. The smallest absolute Gasteiger partial charge is 0.164 e. The monoisotopic (exact) mass is 810 g/mol. The fourth-order valence-electron chi connectivity index (χ4n) is 9.14. The van der Waals surface area contributed by atoms with E-state index >= 15 is 0 Å². The van der Waals surface area contributed by atoms with Crippen LogP contribution < -0.4 is 0 Å². The fourth-order valence-corrected chi connectivity index (χ4v) is 10.3. The summed E-state index contributed by atoms with van der Waals surface area (Å²) in [6.45, 7) is 0. The highest BCUT2D eigenvalue weighted by Crippen LogP contribution is 2.63. The van der Waals surface area contributed by atoms with Gasteiger partial charge >= 0.3 is 0 Å². The van der Waals surface area contributed by atoms with E-state index in [4.69, 9.17) is 29.9 Å². The van der Waals surface area contributed by atoms with Gasteiger partial charge in [-0.25, -0.2) is 19.9 Å². The summed E-state index contributed by atoms with van der Waals surface area (Å²) >= 11 is 1.84. The second-order valence-electron chi connectivity index (χ2n) is 15.5. The molecule has 1 aliphatic heterocycles. The zero-order valence-electron chi connectivity index (χ0n) is 33.2. The quantitative estimate of drug-likeness (QED) is 0.165. The van der Waals surface area contributed by atoms with Gasteiger partial charge in [0.15, 0.2) is 17.5 Å². The number of nitrogens with zero attached hydrogens (tertiary/aromatic N) is 6. The first-order valence-corrected chi connectivity index (χ1v) is 21.4. The van der Waals surface area contributed by atoms with Crippen molar-refractivity contribution in [2.45, 2.75) is 15.2 Å². The molecule has 4 aromatic heterocycles. The molecule has 0 radical (unpaired) electrons. The molecule has 0 saturated heterocycles. The van der Waals surface area contributed by atoms with Crippen molar-refractivity contribution in [1.29, 1.82) is 0 Å². The van der Waals surface area contributed by atoms with Crippen LogP contribution in [0.1, 0.15) is 22.3 Å². The maximum atomic E-state index is 5.17. The van der Waals surface area contributed by atoms with E-state index in [2.05, 4.69) is 121 Å². The van der Waals surface area contributed by atoms with Gasteiger partial charge in [0.2, 0.25) is 0 Å². The van der Waals surface area contributed by atoms with Crippen LogP contribution in [0.3, 0.4) is 0 Å². The Kier molecular flexibility index (Phi) is 8.54. The molecule has 0 saturated carbocycles. The van der Waals surface area contributed by atoms with Crippen molar-refractivity contribution < 1.29 is 0 Å². The minimum absolute atomic E-state index is 0.625. The van der Waals surface area contributed by atoms with Gasteiger partial charge in [-0.15, -0.1) is 0 Å². The van der Waals surface area contributed by atoms with Crippen LogP contribution in [0.25, 0.3) is 79.2 Å². The van der Waals surface area contributed by atoms with Gasteiger partial charge < -0.3 is 0 Å². The first kappa shape index (κ1) is 36.0. The summed E-state index contributed by atoms with van der Waals surface area (Å²) < 4.78 is 0. The average molecular weight is 811 g/mol. The van der Waals surface area contributed by atoms with Crippen LogP contribution in [0.2, 0.25) is 0 Å². The van der Waals surface area contributed by atoms with E-state index in [1.165, 1.54) is 43.2 Å². The molecular formula is C55H34N6S. The van der Waals surface area contributed by atoms with E-state index in [1.54, 1.807) is 0 Å². The second kappa shape index (κ2) is 14.7. The van der Waals surface area contributed by atoms with Crippen molar-refractivity contribution in [3.63, 3.8) is 0 Å². The van der Waals surface area contributed by atoms with Crippen LogP contribution in [0.15, 0.2) is 216 Å². The number of rotatable bonds is 6. The van der Waals surface area contributed by atoms with E-state index in [1.807, 2.05) is 97.0 Å². The Balaban J connectivity index is 1.11. The number of hydrogen-bond donors (Lipinski definition) is 0. The molecule has 10 aromatic rings. The summed E-state index contributed by atoms with van der Waals surface area (Å²) in [7, 11) is 0. The topological polar surface area (TPSA) is 77.3 Å². The molecule has 0 N–H and O–H groups in total. The maximum Gasteiger partial charge on any atom is 0.164 e. The Morgan fingerprint density at radius 2 is 0.758 bits per heavy atom. The van der Waals surface area contributed by atoms with Gasteiger partial charge in [0, 0.05) is 38.9 Å². The summed E-state index contributed by atoms with van der Waals surface area (Å²) in [5, 5.41) is 0. The normalized spacial score (nSPS) is 12.9. The van der Waals surface area contributed by atoms with E-state index in [0.29, 0.717) is 17.5 Å². The Hall–Kier alpha value is -7.87. The minimum Gasteiger partial charge on any atom is -0.255 e. The lowest BCUT2D eigenvalue weighted by molar-refractivity contribution is 0.722. The number of fused-ring (bicyclic) bond motifs is 9. The van der Waals surface area contributed by atoms with Crippen LogP contribution in [0.4, 0.5) is 0 Å². The maximum absolute atomic E-state index is 5.17. The van der Waals surface area contributed by atoms with Gasteiger partial charge in [-0.1, -0.05) is 145 Å². The van der Waals surface area contributed by atoms with Gasteiger partial charge in [0.1, 0.15) is 0 Å². The lowest BCUT2D eigenvalue weighted by Gasteiger charge is -2.39. The Morgan fingerprint density at radius 3 is 1.27 bits per heavy atom. The first-order chi connectivity index (χ1) is 30.7. The first-order valence-electron chi connectivity index (χ1n) is 20.6. The van der Waals surface area contributed by atoms with Gasteiger partial charge in [-0.2, -0.15) is 0 Å². The van der Waals surface area contributed by atoms with Crippen molar-refractivity contribution in [1.82, 2.24) is 29.9 Å². The zero-order chi connectivity index (χ0) is 41.0. The standard InChI is InChI=1S/C55H34N6S/c1-3-15-35(16-4-1)52-59-53(36-17-5-2-6-18-36)61-54(60-52)38-26-28-41-40-27-25-37(39-33-48(46-21-11-13-29-56-46)58-49(34-39)47-22-12-14-30-57-47)31-44(40)55(45(41)32-38)42-19-7-9-23-50(42)62-51-24-10-8-20-43(51)55/h1-34H. The molecule has 62 heavy (non-hydrogen) atoms. The minimum atomic E-state index is -0.646. The second-order valence-corrected chi connectivity index (χ2v) is 16.5. The van der Waals surface area contributed by atoms with Gasteiger partial charge in [-0.05, 0) is 105 Å². The molecule has 0 bridgehead atoms. The third kappa shape index (κ3) is 5.89. The van der Waals surface area contributed by atoms with Crippen molar-refractivity contribution >= 4 is 11.8 Å². The lowest BCUT2D eigenvalue weighted by atomic mass is 9.67. The summed E-state index contributed by atoms with van der Waals surface area (Å²) in [6, 6.07) is 68.0. The number of pyridine rings is 3. The number of aromatic nitrogens is 6. The SMILES string of the molecule is c1ccc(-c2nc(-c3ccccc3)nc(-c3ccc4c(c3)C3(c5ccccc5Sc5ccccc53)c3cc(-c5cc(-c6ccccn6)nc(-c6ccccn6)c5)ccc3-4)n2)cc1. The van der Waals surface area contributed by atoms with Gasteiger partial charge in [0.05, 0.1) is 28.2 Å². The van der Waals surface area contributed by atoms with E-state index in [0.717, 1.165) is 50.6 Å². The van der Waals surface area contributed by atoms with Crippen molar-refractivity contribution in [2.75, 3.05) is 0 Å². The lowest BCUT2D eigenvalue weighted by Crippen LogP contribution is -2.32. The van der Waals surface area contributed by atoms with E-state index < -0.39 is 5.41 Å². The van der Waals surface area contributed by atoms with Crippen LogP contribution in [0, 0.1) is 0 Å². The van der Waals surface area contributed by atoms with Crippen LogP contribution in [-0.4, -0.2) is 29.9 Å². The number of benzene rings is 6. The summed E-state index contributed by atoms with van der Waals surface area (Å²) in [4.78, 5) is 32.3. The van der Waals surface area contributed by atoms with Crippen LogP contribution in [0.5, 0.6) is 0 Å². The predicted octanol–water partition coefficient (Wildman–Crippen LogP) is 12.9. The molecule has 7 heteroatoms. The Bertz CT molecular complexity index is 2980. The molecule has 1 aliphatic carbocycles. The highest BCUT2D eigenvalue weighted by molar-refractivity contribution is 7.99. The van der Waals surface area contributed by atoms with Crippen molar-refractivity contribution in [2.24, 2.45) is 0 Å². The van der Waals surface area contributed by atoms with Crippen LogP contribution >= 0.6 is 11.8 Å². The largest absolute Gasteiger partial charge is 0.255 e. The van der Waals surface area contributed by atoms with E-state index in [9.17, 15) is 0 Å². The molecule has 12 rings (SSSR count). The Labute approximate surface area is 363 Å². The molecule has 6 aromatic carbocycles. The highest BCUT2D eigenvalue weighted by atomic mass is 32.2. The third-order valence-electron chi connectivity index (χ3n) is 11.9. The molecule has 2 aliphatic rings. The molecule has 0 amide bonds. The van der Waals surface area contributed by atoms with Crippen LogP contribution in [-0.2, 0) is 5.41 Å². The van der Waals surface area contributed by atoms with E-state index in [-0.39, 0.29) is 0 Å². The predicted molar refractivity (Wildman–Crippen MR) is 247 cm³/mol. The van der Waals surface area contributed by atoms with Gasteiger partial charge in [-0.3, -0.25) is 9.97 Å². The molecule has 290 valence electrons. The van der Waals surface area contributed by atoms with Gasteiger partial charge in [0.25, 0.3) is 0 Å². The highest BCUT2D eigenvalue weighted by Gasteiger charge is 2.50. The van der Waals surface area contributed by atoms with Crippen molar-refractivity contribution in [3.8, 4) is 79.2 Å². The summed E-state index contributed by atoms with van der Waals surface area (Å²) in [6.07, 6.45) is 3.62. The Morgan fingerprint density at radius 1 is 0.306 bits per heavy atom. The molecule has 6 nitrogen and oxygen atoms in total. The number of hydrogen-bond acceptors (Lipinski definition) is 7. The summed E-state index contributed by atoms with van der Waals surface area (Å²) in [5.41, 5.74) is 14.8. The average Bonchev–Trinajstić information content (AvgIpc) is 3.64. The molecule has 0 unspecified atom stereocenters. The molecular weight excluding hydrogens is 777 g/mol. The fraction of sp³-hybridized carbons (Fsp3) is 0.0182. The zero-order valence-corrected chi connectivity index (χ0v) is 34.0. The van der Waals surface area contributed by atoms with Crippen molar-refractivity contribution in [3.05, 3.63) is 229 Å². The molecule has 0 fully saturated rings. The molecule has 0 atom stereocenters.